The summed E-state index contributed by atoms with van der Waals surface area (Å²) < 4.78 is 0.569. The molecule has 1 rings (SSSR count). The Labute approximate surface area is 116 Å². The Morgan fingerprint density at radius 3 is 2.47 bits per heavy atom. The van der Waals surface area contributed by atoms with Crippen molar-refractivity contribution in [3.05, 3.63) is 28.2 Å². The van der Waals surface area contributed by atoms with Gasteiger partial charge in [0.25, 0.3) is 0 Å². The lowest BCUT2D eigenvalue weighted by Crippen LogP contribution is -2.37. The van der Waals surface area contributed by atoms with Gasteiger partial charge in [0.2, 0.25) is 5.91 Å². The van der Waals surface area contributed by atoms with E-state index in [4.69, 9.17) is 15.9 Å². The van der Waals surface area contributed by atoms with Gasteiger partial charge >= 0.3 is 11.9 Å². The maximum atomic E-state index is 11.6. The number of rotatable bonds is 5. The van der Waals surface area contributed by atoms with Crippen molar-refractivity contribution in [2.75, 3.05) is 5.32 Å². The van der Waals surface area contributed by atoms with Crippen LogP contribution in [-0.4, -0.2) is 34.1 Å². The topological polar surface area (TPSA) is 130 Å². The molecule has 102 valence electrons. The molecule has 19 heavy (non-hydrogen) atoms. The van der Waals surface area contributed by atoms with Gasteiger partial charge in [-0.15, -0.1) is 0 Å². The average molecular weight is 331 g/mol. The van der Waals surface area contributed by atoms with Gasteiger partial charge in [0.15, 0.2) is 0 Å². The van der Waals surface area contributed by atoms with Gasteiger partial charge in [-0.2, -0.15) is 0 Å². The van der Waals surface area contributed by atoms with E-state index >= 15 is 0 Å². The molecule has 0 radical (unpaired) electrons. The van der Waals surface area contributed by atoms with E-state index in [0.29, 0.717) is 4.47 Å². The van der Waals surface area contributed by atoms with Crippen LogP contribution in [0.2, 0.25) is 0 Å². The van der Waals surface area contributed by atoms with Gasteiger partial charge in [-0.3, -0.25) is 9.59 Å². The molecule has 0 aliphatic carbocycles. The van der Waals surface area contributed by atoms with E-state index in [1.807, 2.05) is 0 Å². The minimum absolute atomic E-state index is 0.0488. The number of hydrogen-bond acceptors (Lipinski definition) is 4. The number of nitrogens with two attached hydrogens (primary N) is 1. The second kappa shape index (κ2) is 6.30. The molecule has 0 saturated carbocycles. The van der Waals surface area contributed by atoms with Crippen LogP contribution in [0.3, 0.4) is 0 Å². The number of aromatic carboxylic acids is 1. The van der Waals surface area contributed by atoms with Gasteiger partial charge in [-0.05, 0) is 18.2 Å². The molecule has 0 heterocycles. The van der Waals surface area contributed by atoms with E-state index in [0.717, 1.165) is 0 Å². The number of amides is 1. The number of aliphatic carboxylic acids is 1. The van der Waals surface area contributed by atoms with Crippen LogP contribution in [0.4, 0.5) is 5.69 Å². The first kappa shape index (κ1) is 15.1. The number of carbonyl (C=O) groups excluding carboxylic acids is 1. The normalized spacial score (nSPS) is 11.7. The molecule has 0 spiro atoms. The molecule has 7 nitrogen and oxygen atoms in total. The van der Waals surface area contributed by atoms with Crippen molar-refractivity contribution in [2.45, 2.75) is 12.5 Å². The van der Waals surface area contributed by atoms with Gasteiger partial charge in [0, 0.05) is 4.47 Å². The first-order chi connectivity index (χ1) is 8.81. The second-order valence-electron chi connectivity index (χ2n) is 3.69. The van der Waals surface area contributed by atoms with E-state index in [1.54, 1.807) is 0 Å². The van der Waals surface area contributed by atoms with Gasteiger partial charge in [-0.1, -0.05) is 15.9 Å². The van der Waals surface area contributed by atoms with Crippen LogP contribution in [0, 0.1) is 0 Å². The van der Waals surface area contributed by atoms with Gasteiger partial charge in [-0.25, -0.2) is 4.79 Å². The van der Waals surface area contributed by atoms with Gasteiger partial charge < -0.3 is 21.3 Å². The third-order valence-corrected chi connectivity index (χ3v) is 2.69. The summed E-state index contributed by atoms with van der Waals surface area (Å²) in [5, 5.41) is 19.8. The van der Waals surface area contributed by atoms with Crippen molar-refractivity contribution < 1.29 is 24.6 Å². The van der Waals surface area contributed by atoms with Crippen LogP contribution in [0.5, 0.6) is 0 Å². The standard InChI is InChI=1S/C11H11BrN2O5/c12-5-1-2-6(11(18)19)8(3-5)14-10(17)7(13)4-9(15)16/h1-3,7H,4,13H2,(H,14,17)(H,15,16)(H,18,19). The predicted octanol–water partition coefficient (Wildman–Crippen LogP) is 0.888. The van der Waals surface area contributed by atoms with Crippen molar-refractivity contribution in [3.63, 3.8) is 0 Å². The predicted molar refractivity (Wildman–Crippen MR) is 70.0 cm³/mol. The van der Waals surface area contributed by atoms with Crippen molar-refractivity contribution >= 4 is 39.5 Å². The third kappa shape index (κ3) is 4.34. The maximum absolute atomic E-state index is 11.6. The molecule has 8 heteroatoms. The quantitative estimate of drug-likeness (QED) is 0.634. The molecule has 1 aromatic rings. The number of nitrogens with one attached hydrogen (secondary N) is 1. The van der Waals surface area contributed by atoms with E-state index in [-0.39, 0.29) is 11.3 Å². The lowest BCUT2D eigenvalue weighted by Gasteiger charge is -2.12. The molecule has 1 atom stereocenters. The molecular formula is C11H11BrN2O5. The lowest BCUT2D eigenvalue weighted by atomic mass is 10.1. The monoisotopic (exact) mass is 330 g/mol. The molecule has 0 aliphatic rings. The fourth-order valence-electron chi connectivity index (χ4n) is 1.31. The molecule has 1 aromatic carbocycles. The van der Waals surface area contributed by atoms with Crippen molar-refractivity contribution in [3.8, 4) is 0 Å². The summed E-state index contributed by atoms with van der Waals surface area (Å²) in [7, 11) is 0. The highest BCUT2D eigenvalue weighted by molar-refractivity contribution is 9.10. The smallest absolute Gasteiger partial charge is 0.337 e. The van der Waals surface area contributed by atoms with Gasteiger partial charge in [0.1, 0.15) is 0 Å². The number of hydrogen-bond donors (Lipinski definition) is 4. The van der Waals surface area contributed by atoms with Crippen molar-refractivity contribution in [2.24, 2.45) is 5.73 Å². The molecule has 1 unspecified atom stereocenters. The molecule has 0 aromatic heterocycles. The average Bonchev–Trinajstić information content (AvgIpc) is 2.27. The molecule has 1 amide bonds. The van der Waals surface area contributed by atoms with Crippen LogP contribution >= 0.6 is 15.9 Å². The number of halogens is 1. The summed E-state index contributed by atoms with van der Waals surface area (Å²) in [6.07, 6.45) is -0.539. The maximum Gasteiger partial charge on any atom is 0.337 e. The Balaban J connectivity index is 2.92. The van der Waals surface area contributed by atoms with Crippen LogP contribution in [0.15, 0.2) is 22.7 Å². The first-order valence-electron chi connectivity index (χ1n) is 5.12. The lowest BCUT2D eigenvalue weighted by molar-refractivity contribution is -0.138. The van der Waals surface area contributed by atoms with Crippen LogP contribution in [-0.2, 0) is 9.59 Å². The molecule has 0 aliphatic heterocycles. The highest BCUT2D eigenvalue weighted by Gasteiger charge is 2.19. The molecular weight excluding hydrogens is 320 g/mol. The van der Waals surface area contributed by atoms with E-state index < -0.39 is 30.3 Å². The molecule has 0 fully saturated rings. The number of carboxylic acids is 2. The Bertz CT molecular complexity index is 532. The fourth-order valence-corrected chi connectivity index (χ4v) is 1.67. The SMILES string of the molecule is NC(CC(=O)O)C(=O)Nc1cc(Br)ccc1C(=O)O. The van der Waals surface area contributed by atoms with Crippen LogP contribution in [0.1, 0.15) is 16.8 Å². The van der Waals surface area contributed by atoms with Crippen LogP contribution in [0.25, 0.3) is 0 Å². The first-order valence-corrected chi connectivity index (χ1v) is 5.91. The molecule has 0 saturated heterocycles. The van der Waals surface area contributed by atoms with E-state index in [9.17, 15) is 14.4 Å². The second-order valence-corrected chi connectivity index (χ2v) is 4.60. The number of carbonyl (C=O) groups is 3. The summed E-state index contributed by atoms with van der Waals surface area (Å²) in [4.78, 5) is 33.0. The highest BCUT2D eigenvalue weighted by Crippen LogP contribution is 2.21. The summed E-state index contributed by atoms with van der Waals surface area (Å²) >= 11 is 3.14. The fraction of sp³-hybridized carbons (Fsp3) is 0.182. The van der Waals surface area contributed by atoms with Crippen molar-refractivity contribution in [1.29, 1.82) is 0 Å². The number of benzene rings is 1. The van der Waals surface area contributed by atoms with Crippen molar-refractivity contribution in [1.82, 2.24) is 0 Å². The van der Waals surface area contributed by atoms with E-state index in [1.165, 1.54) is 18.2 Å². The third-order valence-electron chi connectivity index (χ3n) is 2.20. The highest BCUT2D eigenvalue weighted by atomic mass is 79.9. The van der Waals surface area contributed by atoms with E-state index in [2.05, 4.69) is 21.2 Å². The number of anilines is 1. The zero-order chi connectivity index (χ0) is 14.6. The summed E-state index contributed by atoms with van der Waals surface area (Å²) in [5.74, 6) is -3.19. The zero-order valence-corrected chi connectivity index (χ0v) is 11.2. The minimum Gasteiger partial charge on any atom is -0.481 e. The Morgan fingerprint density at radius 1 is 1.32 bits per heavy atom. The molecule has 0 bridgehead atoms. The summed E-state index contributed by atoms with van der Waals surface area (Å²) in [5.41, 5.74) is 5.32. The minimum atomic E-state index is -1.25. The largest absolute Gasteiger partial charge is 0.481 e. The Hall–Kier alpha value is -1.93. The zero-order valence-electron chi connectivity index (χ0n) is 9.59. The Morgan fingerprint density at radius 2 is 1.95 bits per heavy atom. The summed E-state index contributed by atoms with van der Waals surface area (Å²) in [6, 6.07) is 2.97. The molecule has 5 N–H and O–H groups in total. The Kier molecular flexibility index (Phi) is 5.02. The summed E-state index contributed by atoms with van der Waals surface area (Å²) in [6.45, 7) is 0. The number of carboxylic acid groups (broad SMARTS) is 2. The van der Waals surface area contributed by atoms with Crippen LogP contribution < -0.4 is 11.1 Å². The van der Waals surface area contributed by atoms with Gasteiger partial charge in [0.05, 0.1) is 23.7 Å².